The van der Waals surface area contributed by atoms with Gasteiger partial charge in [-0.15, -0.1) is 11.3 Å². The highest BCUT2D eigenvalue weighted by Gasteiger charge is 2.09. The van der Waals surface area contributed by atoms with Gasteiger partial charge in [0.05, 0.1) is 5.01 Å². The van der Waals surface area contributed by atoms with Crippen molar-refractivity contribution in [1.82, 2.24) is 15.6 Å². The van der Waals surface area contributed by atoms with Crippen LogP contribution in [0.1, 0.15) is 22.7 Å². The molecule has 1 aromatic carbocycles. The molecule has 2 rings (SSSR count). The van der Waals surface area contributed by atoms with E-state index in [1.54, 1.807) is 36.6 Å². The molecule has 0 atom stereocenters. The normalized spacial score (nSPS) is 11.6. The summed E-state index contributed by atoms with van der Waals surface area (Å²) >= 11 is 1.67. The molecule has 0 amide bonds. The third-order valence-corrected chi connectivity index (χ3v) is 4.41. The maximum absolute atomic E-state index is 12.4. The first-order valence-electron chi connectivity index (χ1n) is 7.96. The lowest BCUT2D eigenvalue weighted by atomic mass is 10.2. The molecule has 136 valence electrons. The van der Waals surface area contributed by atoms with Gasteiger partial charge in [0.25, 0.3) is 0 Å². The Morgan fingerprint density at radius 2 is 2.12 bits per heavy atom. The van der Waals surface area contributed by atoms with Gasteiger partial charge in [-0.3, -0.25) is 4.99 Å². The fraction of sp³-hybridized carbons (Fsp3) is 0.412. The summed E-state index contributed by atoms with van der Waals surface area (Å²) in [4.78, 5) is 8.56. The van der Waals surface area contributed by atoms with Crippen LogP contribution in [-0.2, 0) is 13.0 Å². The van der Waals surface area contributed by atoms with Crippen LogP contribution in [0.15, 0.2) is 34.6 Å². The zero-order chi connectivity index (χ0) is 18.1. The van der Waals surface area contributed by atoms with Gasteiger partial charge in [-0.1, -0.05) is 18.2 Å². The predicted molar refractivity (Wildman–Crippen MR) is 96.4 cm³/mol. The second-order valence-corrected chi connectivity index (χ2v) is 6.27. The first kappa shape index (κ1) is 19.1. The number of aromatic nitrogens is 1. The van der Waals surface area contributed by atoms with E-state index < -0.39 is 6.61 Å². The monoisotopic (exact) mass is 368 g/mol. The molecule has 0 unspecified atom stereocenters. The predicted octanol–water partition coefficient (Wildman–Crippen LogP) is 3.35. The number of nitrogens with zero attached hydrogens (tertiary/aromatic N) is 2. The summed E-state index contributed by atoms with van der Waals surface area (Å²) in [6, 6.07) is 6.70. The molecule has 0 fully saturated rings. The number of halogens is 2. The Labute approximate surface area is 150 Å². The van der Waals surface area contributed by atoms with Crippen LogP contribution in [0.4, 0.5) is 8.78 Å². The average Bonchev–Trinajstić information content (AvgIpc) is 3.00. The van der Waals surface area contributed by atoms with Crippen LogP contribution in [0.3, 0.4) is 0 Å². The minimum absolute atomic E-state index is 0.166. The molecule has 0 aliphatic heterocycles. The van der Waals surface area contributed by atoms with Gasteiger partial charge in [-0.2, -0.15) is 8.78 Å². The van der Waals surface area contributed by atoms with Crippen LogP contribution in [0.2, 0.25) is 0 Å². The minimum atomic E-state index is -2.84. The Hall–Kier alpha value is -2.22. The number of aryl methyl sites for hydroxylation is 2. The van der Waals surface area contributed by atoms with Gasteiger partial charge in [0.2, 0.25) is 0 Å². The van der Waals surface area contributed by atoms with E-state index in [2.05, 4.69) is 25.3 Å². The molecular formula is C17H22F2N4OS. The molecule has 25 heavy (non-hydrogen) atoms. The van der Waals surface area contributed by atoms with Gasteiger partial charge < -0.3 is 15.4 Å². The van der Waals surface area contributed by atoms with Crippen molar-refractivity contribution >= 4 is 17.3 Å². The molecule has 2 aromatic rings. The van der Waals surface area contributed by atoms with Crippen LogP contribution in [0, 0.1) is 6.92 Å². The van der Waals surface area contributed by atoms with Crippen LogP contribution in [0.25, 0.3) is 0 Å². The highest BCUT2D eigenvalue weighted by atomic mass is 32.1. The summed E-state index contributed by atoms with van der Waals surface area (Å²) in [7, 11) is 1.67. The Morgan fingerprint density at radius 3 is 2.80 bits per heavy atom. The van der Waals surface area contributed by atoms with Crippen LogP contribution < -0.4 is 15.4 Å². The molecule has 1 heterocycles. The summed E-state index contributed by atoms with van der Waals surface area (Å²) in [5, 5.41) is 9.48. The number of benzene rings is 1. The SMILES string of the molecule is CN=C(NCCCc1nc(C)cs1)NCc1ccccc1OC(F)F. The Bertz CT molecular complexity index is 691. The van der Waals surface area contributed by atoms with Gasteiger partial charge in [0.15, 0.2) is 5.96 Å². The first-order valence-corrected chi connectivity index (χ1v) is 8.84. The molecule has 0 aliphatic rings. The van der Waals surface area contributed by atoms with Crippen molar-refractivity contribution in [2.24, 2.45) is 4.99 Å². The third kappa shape index (κ3) is 6.66. The Morgan fingerprint density at radius 1 is 1.32 bits per heavy atom. The zero-order valence-corrected chi connectivity index (χ0v) is 15.1. The molecule has 0 aliphatic carbocycles. The van der Waals surface area contributed by atoms with Gasteiger partial charge in [-0.25, -0.2) is 4.98 Å². The van der Waals surface area contributed by atoms with Gasteiger partial charge >= 0.3 is 6.61 Å². The van der Waals surface area contributed by atoms with E-state index in [1.807, 2.05) is 12.3 Å². The number of hydrogen-bond acceptors (Lipinski definition) is 4. The summed E-state index contributed by atoms with van der Waals surface area (Å²) in [5.41, 5.74) is 1.69. The topological polar surface area (TPSA) is 58.5 Å². The number of nitrogens with one attached hydrogen (secondary N) is 2. The van der Waals surface area contributed by atoms with E-state index in [0.29, 0.717) is 18.1 Å². The molecule has 0 bridgehead atoms. The smallest absolute Gasteiger partial charge is 0.387 e. The molecule has 0 radical (unpaired) electrons. The maximum Gasteiger partial charge on any atom is 0.387 e. The van der Waals surface area contributed by atoms with Crippen LogP contribution >= 0.6 is 11.3 Å². The number of ether oxygens (including phenoxy) is 1. The lowest BCUT2D eigenvalue weighted by Crippen LogP contribution is -2.37. The number of aliphatic imine (C=N–C) groups is 1. The van der Waals surface area contributed by atoms with Gasteiger partial charge in [-0.05, 0) is 19.4 Å². The van der Waals surface area contributed by atoms with E-state index in [0.717, 1.165) is 30.1 Å². The molecule has 0 saturated heterocycles. The van der Waals surface area contributed by atoms with Crippen molar-refractivity contribution in [3.8, 4) is 5.75 Å². The largest absolute Gasteiger partial charge is 0.434 e. The molecule has 2 N–H and O–H groups in total. The molecule has 5 nitrogen and oxygen atoms in total. The summed E-state index contributed by atoms with van der Waals surface area (Å²) in [6.07, 6.45) is 1.84. The van der Waals surface area contributed by atoms with E-state index in [-0.39, 0.29) is 5.75 Å². The van der Waals surface area contributed by atoms with Crippen molar-refractivity contribution in [2.75, 3.05) is 13.6 Å². The quantitative estimate of drug-likeness (QED) is 0.426. The molecule has 0 spiro atoms. The Kier molecular flexibility index (Phi) is 7.59. The number of guanidine groups is 1. The summed E-state index contributed by atoms with van der Waals surface area (Å²) < 4.78 is 29.4. The van der Waals surface area contributed by atoms with Crippen molar-refractivity contribution in [3.63, 3.8) is 0 Å². The van der Waals surface area contributed by atoms with E-state index in [9.17, 15) is 8.78 Å². The molecule has 1 aromatic heterocycles. The van der Waals surface area contributed by atoms with Crippen molar-refractivity contribution in [2.45, 2.75) is 32.9 Å². The van der Waals surface area contributed by atoms with Crippen LogP contribution in [-0.4, -0.2) is 31.1 Å². The number of thiazole rings is 1. The molecule has 8 heteroatoms. The Balaban J connectivity index is 1.76. The highest BCUT2D eigenvalue weighted by Crippen LogP contribution is 2.19. The van der Waals surface area contributed by atoms with Crippen molar-refractivity contribution < 1.29 is 13.5 Å². The third-order valence-electron chi connectivity index (χ3n) is 3.38. The second-order valence-electron chi connectivity index (χ2n) is 5.32. The zero-order valence-electron chi connectivity index (χ0n) is 14.3. The average molecular weight is 368 g/mol. The first-order chi connectivity index (χ1) is 12.1. The highest BCUT2D eigenvalue weighted by molar-refractivity contribution is 7.09. The number of rotatable bonds is 8. The van der Waals surface area contributed by atoms with E-state index >= 15 is 0 Å². The van der Waals surface area contributed by atoms with Crippen LogP contribution in [0.5, 0.6) is 5.75 Å². The number of alkyl halides is 2. The second kappa shape index (κ2) is 9.93. The lowest BCUT2D eigenvalue weighted by molar-refractivity contribution is -0.0504. The number of hydrogen-bond donors (Lipinski definition) is 2. The van der Waals surface area contributed by atoms with Gasteiger partial charge in [0.1, 0.15) is 5.75 Å². The van der Waals surface area contributed by atoms with Gasteiger partial charge in [0, 0.05) is 43.2 Å². The van der Waals surface area contributed by atoms with E-state index in [4.69, 9.17) is 0 Å². The fourth-order valence-electron chi connectivity index (χ4n) is 2.22. The van der Waals surface area contributed by atoms with E-state index in [1.165, 1.54) is 6.07 Å². The standard InChI is InChI=1S/C17H22F2N4OS/c1-12-11-25-15(23-12)8-5-9-21-17(20-2)22-10-13-6-3-4-7-14(13)24-16(18)19/h3-4,6-7,11,16H,5,8-10H2,1-2H3,(H2,20,21,22). The van der Waals surface area contributed by atoms with Crippen molar-refractivity contribution in [1.29, 1.82) is 0 Å². The summed E-state index contributed by atoms with van der Waals surface area (Å²) in [6.45, 7) is 0.231. The minimum Gasteiger partial charge on any atom is -0.434 e. The maximum atomic E-state index is 12.4. The fourth-order valence-corrected chi connectivity index (χ4v) is 3.04. The lowest BCUT2D eigenvalue weighted by Gasteiger charge is -2.14. The van der Waals surface area contributed by atoms with Crippen molar-refractivity contribution in [3.05, 3.63) is 45.9 Å². The molecular weight excluding hydrogens is 346 g/mol. The summed E-state index contributed by atoms with van der Waals surface area (Å²) in [5.74, 6) is 0.779. The molecule has 0 saturated carbocycles. The number of para-hydroxylation sites is 1.